The highest BCUT2D eigenvalue weighted by Gasteiger charge is 2.17. The number of benzene rings is 2. The van der Waals surface area contributed by atoms with Crippen molar-refractivity contribution >= 4 is 23.5 Å². The Morgan fingerprint density at radius 3 is 2.53 bits per heavy atom. The predicted octanol–water partition coefficient (Wildman–Crippen LogP) is 5.15. The van der Waals surface area contributed by atoms with Gasteiger partial charge in [0.15, 0.2) is 0 Å². The van der Waals surface area contributed by atoms with Crippen molar-refractivity contribution in [2.45, 2.75) is 27.7 Å². The summed E-state index contributed by atoms with van der Waals surface area (Å²) < 4.78 is 0. The molecule has 0 bridgehead atoms. The molecular weight excluding hydrogens is 244 g/mol. The molecule has 0 spiro atoms. The van der Waals surface area contributed by atoms with E-state index >= 15 is 0 Å². The zero-order valence-electron chi connectivity index (χ0n) is 9.72. The van der Waals surface area contributed by atoms with Gasteiger partial charge in [0.1, 0.15) is 0 Å². The van der Waals surface area contributed by atoms with Crippen molar-refractivity contribution in [3.05, 3.63) is 59.7 Å². The fraction of sp³-hybridized carbons (Fsp3) is 0.200. The molecule has 1 atom stereocenters. The van der Waals surface area contributed by atoms with E-state index in [1.54, 1.807) is 0 Å². The molecule has 17 heavy (non-hydrogen) atoms. The first kappa shape index (κ1) is 11.2. The Balaban J connectivity index is 2.03. The molecule has 0 amide bonds. The number of hydrogen-bond donors (Lipinski definition) is 0. The van der Waals surface area contributed by atoms with Crippen LogP contribution in [0.2, 0.25) is 0 Å². The lowest BCUT2D eigenvalue weighted by molar-refractivity contribution is 1.03. The summed E-state index contributed by atoms with van der Waals surface area (Å²) in [7, 11) is 0. The molecular formula is C15H14S2. The van der Waals surface area contributed by atoms with Gasteiger partial charge in [-0.2, -0.15) is 0 Å². The van der Waals surface area contributed by atoms with E-state index in [0.29, 0.717) is 5.25 Å². The molecule has 1 heterocycles. The molecule has 0 N–H and O–H groups in total. The Kier molecular flexibility index (Phi) is 3.17. The van der Waals surface area contributed by atoms with Gasteiger partial charge in [0.2, 0.25) is 0 Å². The Hall–Kier alpha value is -0.860. The van der Waals surface area contributed by atoms with Gasteiger partial charge >= 0.3 is 0 Å². The summed E-state index contributed by atoms with van der Waals surface area (Å²) in [6, 6.07) is 17.5. The van der Waals surface area contributed by atoms with E-state index in [9.17, 15) is 0 Å². The van der Waals surface area contributed by atoms with E-state index in [1.807, 2.05) is 23.5 Å². The summed E-state index contributed by atoms with van der Waals surface area (Å²) in [5.74, 6) is 1.08. The van der Waals surface area contributed by atoms with Crippen LogP contribution in [0.4, 0.5) is 0 Å². The van der Waals surface area contributed by atoms with E-state index < -0.39 is 0 Å². The Morgan fingerprint density at radius 2 is 1.65 bits per heavy atom. The highest BCUT2D eigenvalue weighted by molar-refractivity contribution is 8.00. The molecule has 3 rings (SSSR count). The molecule has 0 aliphatic carbocycles. The van der Waals surface area contributed by atoms with Crippen LogP contribution in [0.1, 0.15) is 23.3 Å². The molecule has 2 aromatic rings. The van der Waals surface area contributed by atoms with Gasteiger partial charge in [-0.25, -0.2) is 0 Å². The second-order valence-corrected chi connectivity index (χ2v) is 6.59. The first-order chi connectivity index (χ1) is 8.34. The Labute approximate surface area is 111 Å². The molecule has 0 nitrogen and oxygen atoms in total. The molecule has 2 aromatic carbocycles. The normalized spacial score (nSPS) is 18.8. The zero-order valence-corrected chi connectivity index (χ0v) is 11.4. The van der Waals surface area contributed by atoms with Crippen LogP contribution in [-0.4, -0.2) is 0 Å². The molecule has 1 aliphatic heterocycles. The molecule has 0 aromatic heterocycles. The summed E-state index contributed by atoms with van der Waals surface area (Å²) in [5, 5.41) is 0.528. The van der Waals surface area contributed by atoms with Gasteiger partial charge in [0.25, 0.3) is 0 Å². The molecule has 0 radical (unpaired) electrons. The van der Waals surface area contributed by atoms with Crippen LogP contribution >= 0.6 is 23.5 Å². The average molecular weight is 258 g/mol. The maximum absolute atomic E-state index is 2.30. The first-order valence-electron chi connectivity index (χ1n) is 5.81. The van der Waals surface area contributed by atoms with Gasteiger partial charge in [-0.1, -0.05) is 36.4 Å². The van der Waals surface area contributed by atoms with E-state index in [2.05, 4.69) is 55.5 Å². The minimum absolute atomic E-state index is 0.528. The predicted molar refractivity (Wildman–Crippen MR) is 76.7 cm³/mol. The minimum atomic E-state index is 0.528. The number of fused-ring (bicyclic) bond motifs is 2. The summed E-state index contributed by atoms with van der Waals surface area (Å²) in [4.78, 5) is 2.86. The van der Waals surface area contributed by atoms with Gasteiger partial charge in [-0.05, 0) is 30.2 Å². The largest absolute Gasteiger partial charge is 0.121 e. The summed E-state index contributed by atoms with van der Waals surface area (Å²) in [6.45, 7) is 2.30. The summed E-state index contributed by atoms with van der Waals surface area (Å²) in [6.07, 6.45) is 0. The van der Waals surface area contributed by atoms with Gasteiger partial charge < -0.3 is 0 Å². The van der Waals surface area contributed by atoms with Crippen molar-refractivity contribution in [3.8, 4) is 0 Å². The molecule has 86 valence electrons. The van der Waals surface area contributed by atoms with Gasteiger partial charge in [0.05, 0.1) is 0 Å². The van der Waals surface area contributed by atoms with Crippen LogP contribution in [0.5, 0.6) is 0 Å². The van der Waals surface area contributed by atoms with E-state index in [-0.39, 0.29) is 0 Å². The lowest BCUT2D eigenvalue weighted by Gasteiger charge is -2.21. The lowest BCUT2D eigenvalue weighted by Crippen LogP contribution is -1.97. The standard InChI is InChI=1S/C15H14S2/c1-11-13-7-3-5-9-15(13)16-10-12-6-2-4-8-14(12)17-11/h2-9,11H,10H2,1H3. The molecule has 2 heteroatoms. The SMILES string of the molecule is CC1Sc2ccccc2CSc2ccccc21. The fourth-order valence-electron chi connectivity index (χ4n) is 2.10. The second kappa shape index (κ2) is 4.79. The monoisotopic (exact) mass is 258 g/mol. The molecule has 1 aliphatic rings. The third-order valence-electron chi connectivity index (χ3n) is 3.02. The molecule has 1 unspecified atom stereocenters. The van der Waals surface area contributed by atoms with Crippen LogP contribution in [0.15, 0.2) is 58.3 Å². The smallest absolute Gasteiger partial charge is 0.0327 e. The summed E-state index contributed by atoms with van der Waals surface area (Å²) >= 11 is 3.93. The van der Waals surface area contributed by atoms with E-state index in [4.69, 9.17) is 0 Å². The highest BCUT2D eigenvalue weighted by atomic mass is 32.2. The number of rotatable bonds is 0. The van der Waals surface area contributed by atoms with Crippen molar-refractivity contribution < 1.29 is 0 Å². The maximum atomic E-state index is 2.30. The molecule has 0 saturated heterocycles. The minimum Gasteiger partial charge on any atom is -0.121 e. The first-order valence-corrected chi connectivity index (χ1v) is 7.67. The summed E-state index contributed by atoms with van der Waals surface area (Å²) in [5.41, 5.74) is 2.93. The highest BCUT2D eigenvalue weighted by Crippen LogP contribution is 2.44. The maximum Gasteiger partial charge on any atom is 0.0327 e. The van der Waals surface area contributed by atoms with Gasteiger partial charge in [-0.15, -0.1) is 23.5 Å². The van der Waals surface area contributed by atoms with E-state index in [0.717, 1.165) is 5.75 Å². The zero-order chi connectivity index (χ0) is 11.7. The van der Waals surface area contributed by atoms with Crippen LogP contribution in [-0.2, 0) is 5.75 Å². The third kappa shape index (κ3) is 2.24. The number of thioether (sulfide) groups is 2. The quantitative estimate of drug-likeness (QED) is 0.641. The van der Waals surface area contributed by atoms with Crippen LogP contribution in [0, 0.1) is 0 Å². The van der Waals surface area contributed by atoms with Crippen molar-refractivity contribution in [2.24, 2.45) is 0 Å². The average Bonchev–Trinajstić information content (AvgIpc) is 2.36. The van der Waals surface area contributed by atoms with Crippen LogP contribution in [0.3, 0.4) is 0 Å². The fourth-order valence-corrected chi connectivity index (χ4v) is 4.57. The third-order valence-corrected chi connectivity index (χ3v) is 5.41. The van der Waals surface area contributed by atoms with E-state index in [1.165, 1.54) is 20.9 Å². The molecule has 0 saturated carbocycles. The van der Waals surface area contributed by atoms with Crippen molar-refractivity contribution in [2.75, 3.05) is 0 Å². The van der Waals surface area contributed by atoms with Crippen molar-refractivity contribution in [1.29, 1.82) is 0 Å². The van der Waals surface area contributed by atoms with Crippen LogP contribution in [0.25, 0.3) is 0 Å². The Bertz CT molecular complexity index is 534. The van der Waals surface area contributed by atoms with Crippen LogP contribution < -0.4 is 0 Å². The number of hydrogen-bond acceptors (Lipinski definition) is 2. The second-order valence-electron chi connectivity index (χ2n) is 4.19. The van der Waals surface area contributed by atoms with Crippen molar-refractivity contribution in [3.63, 3.8) is 0 Å². The van der Waals surface area contributed by atoms with Crippen molar-refractivity contribution in [1.82, 2.24) is 0 Å². The van der Waals surface area contributed by atoms with Gasteiger partial charge in [0, 0.05) is 20.8 Å². The lowest BCUT2D eigenvalue weighted by atomic mass is 10.2. The van der Waals surface area contributed by atoms with Gasteiger partial charge in [-0.3, -0.25) is 0 Å². The topological polar surface area (TPSA) is 0 Å². The Morgan fingerprint density at radius 1 is 0.941 bits per heavy atom. The molecule has 0 fully saturated rings.